The largest absolute Gasteiger partial charge is 0.364 e. The predicted molar refractivity (Wildman–Crippen MR) is 71.2 cm³/mol. The molecule has 2 aromatic heterocycles. The minimum absolute atomic E-state index is 0.108. The fraction of sp³-hybridized carbons (Fsp3) is 0.455. The van der Waals surface area contributed by atoms with Crippen LogP contribution in [0.2, 0.25) is 0 Å². The van der Waals surface area contributed by atoms with Gasteiger partial charge in [-0.05, 0) is 34.8 Å². The molecule has 0 aromatic carbocycles. The smallest absolute Gasteiger partial charge is 0.256 e. The van der Waals surface area contributed by atoms with Gasteiger partial charge in [-0.2, -0.15) is 4.98 Å². The van der Waals surface area contributed by atoms with E-state index in [1.54, 1.807) is 11.3 Å². The molecular formula is C11H12BrN3O2S. The van der Waals surface area contributed by atoms with Crippen LogP contribution in [-0.4, -0.2) is 22.8 Å². The second kappa shape index (κ2) is 5.08. The first-order chi connectivity index (χ1) is 8.76. The van der Waals surface area contributed by atoms with Crippen molar-refractivity contribution in [3.05, 3.63) is 21.8 Å². The summed E-state index contributed by atoms with van der Waals surface area (Å²) >= 11 is 4.98. The second-order valence-corrected chi connectivity index (χ2v) is 5.97. The summed E-state index contributed by atoms with van der Waals surface area (Å²) in [7, 11) is 0. The van der Waals surface area contributed by atoms with Crippen LogP contribution < -0.4 is 5.73 Å². The number of halogens is 1. The number of rotatable bonds is 3. The maximum Gasteiger partial charge on any atom is 0.256 e. The van der Waals surface area contributed by atoms with E-state index in [1.165, 1.54) is 0 Å². The summed E-state index contributed by atoms with van der Waals surface area (Å²) in [6, 6.07) is 1.97. The third-order valence-corrected chi connectivity index (χ3v) is 4.56. The molecule has 18 heavy (non-hydrogen) atoms. The zero-order valence-corrected chi connectivity index (χ0v) is 11.9. The Labute approximate surface area is 116 Å². The molecule has 1 aliphatic heterocycles. The van der Waals surface area contributed by atoms with Gasteiger partial charge in [0.2, 0.25) is 5.82 Å². The molecular weight excluding hydrogens is 318 g/mol. The molecule has 0 spiro atoms. The molecule has 2 unspecified atom stereocenters. The number of ether oxygens (including phenoxy) is 1. The molecule has 96 valence electrons. The molecule has 2 atom stereocenters. The van der Waals surface area contributed by atoms with Crippen molar-refractivity contribution in [3.63, 3.8) is 0 Å². The van der Waals surface area contributed by atoms with Gasteiger partial charge in [0.05, 0.1) is 11.0 Å². The quantitative estimate of drug-likeness (QED) is 0.937. The highest BCUT2D eigenvalue weighted by atomic mass is 79.9. The minimum Gasteiger partial charge on any atom is -0.364 e. The molecule has 0 radical (unpaired) electrons. The van der Waals surface area contributed by atoms with E-state index in [-0.39, 0.29) is 12.2 Å². The topological polar surface area (TPSA) is 74.2 Å². The van der Waals surface area contributed by atoms with Crippen molar-refractivity contribution < 1.29 is 9.26 Å². The van der Waals surface area contributed by atoms with E-state index in [9.17, 15) is 0 Å². The van der Waals surface area contributed by atoms with Crippen LogP contribution in [-0.2, 0) is 4.74 Å². The molecule has 1 saturated heterocycles. The molecule has 0 saturated carbocycles. The first-order valence-electron chi connectivity index (χ1n) is 5.70. The third kappa shape index (κ3) is 2.35. The Morgan fingerprint density at radius 2 is 2.39 bits per heavy atom. The average molecular weight is 330 g/mol. The van der Waals surface area contributed by atoms with Gasteiger partial charge in [0, 0.05) is 16.4 Å². The van der Waals surface area contributed by atoms with Gasteiger partial charge in [-0.15, -0.1) is 11.3 Å². The second-order valence-electron chi connectivity index (χ2n) is 4.15. The molecule has 2 N–H and O–H groups in total. The van der Waals surface area contributed by atoms with E-state index in [4.69, 9.17) is 15.0 Å². The van der Waals surface area contributed by atoms with E-state index < -0.39 is 0 Å². The van der Waals surface area contributed by atoms with Crippen molar-refractivity contribution >= 4 is 27.3 Å². The van der Waals surface area contributed by atoms with Crippen LogP contribution in [0.5, 0.6) is 0 Å². The fourth-order valence-electron chi connectivity index (χ4n) is 1.96. The Morgan fingerprint density at radius 3 is 3.06 bits per heavy atom. The molecule has 0 aliphatic carbocycles. The Morgan fingerprint density at radius 1 is 1.50 bits per heavy atom. The zero-order chi connectivity index (χ0) is 12.5. The van der Waals surface area contributed by atoms with Crippen LogP contribution >= 0.6 is 27.3 Å². The summed E-state index contributed by atoms with van der Waals surface area (Å²) in [6.07, 6.45) is 1.84. The van der Waals surface area contributed by atoms with Crippen molar-refractivity contribution in [2.24, 2.45) is 5.73 Å². The van der Waals surface area contributed by atoms with Crippen molar-refractivity contribution in [2.75, 3.05) is 6.54 Å². The number of hydrogen-bond donors (Lipinski definition) is 1. The van der Waals surface area contributed by atoms with Gasteiger partial charge < -0.3 is 15.0 Å². The van der Waals surface area contributed by atoms with Crippen LogP contribution in [0.4, 0.5) is 0 Å². The van der Waals surface area contributed by atoms with Gasteiger partial charge in [-0.1, -0.05) is 5.16 Å². The van der Waals surface area contributed by atoms with Gasteiger partial charge in [0.25, 0.3) is 5.89 Å². The Kier molecular flexibility index (Phi) is 3.47. The summed E-state index contributed by atoms with van der Waals surface area (Å²) in [5.41, 5.74) is 5.58. The maximum atomic E-state index is 5.72. The Bertz CT molecular complexity index is 542. The minimum atomic E-state index is -0.108. The van der Waals surface area contributed by atoms with Gasteiger partial charge in [-0.3, -0.25) is 0 Å². The van der Waals surface area contributed by atoms with E-state index in [0.717, 1.165) is 22.2 Å². The predicted octanol–water partition coefficient (Wildman–Crippen LogP) is 2.74. The van der Waals surface area contributed by atoms with E-state index in [2.05, 4.69) is 26.1 Å². The third-order valence-electron chi connectivity index (χ3n) is 2.88. The van der Waals surface area contributed by atoms with Gasteiger partial charge in [0.15, 0.2) is 0 Å². The van der Waals surface area contributed by atoms with E-state index in [0.29, 0.717) is 18.3 Å². The van der Waals surface area contributed by atoms with Crippen molar-refractivity contribution in [2.45, 2.75) is 25.0 Å². The van der Waals surface area contributed by atoms with Crippen LogP contribution in [0.1, 0.15) is 24.8 Å². The first-order valence-corrected chi connectivity index (χ1v) is 7.37. The van der Waals surface area contributed by atoms with Gasteiger partial charge in [0.1, 0.15) is 6.10 Å². The first kappa shape index (κ1) is 12.3. The lowest BCUT2D eigenvalue weighted by molar-refractivity contribution is 0.0307. The Hall–Kier alpha value is -0.760. The molecule has 2 aromatic rings. The summed E-state index contributed by atoms with van der Waals surface area (Å²) in [6.45, 7) is 0.537. The molecule has 5 nitrogen and oxygen atoms in total. The summed E-state index contributed by atoms with van der Waals surface area (Å²) in [5.74, 6) is 1.16. The number of thiophene rings is 1. The van der Waals surface area contributed by atoms with Gasteiger partial charge in [-0.25, -0.2) is 0 Å². The SMILES string of the molecule is NCC1CCC(c2nc(-c3cc(Br)cs3)no2)O1. The number of hydrogen-bond acceptors (Lipinski definition) is 6. The van der Waals surface area contributed by atoms with Crippen LogP contribution in [0, 0.1) is 0 Å². The summed E-state index contributed by atoms with van der Waals surface area (Å²) in [4.78, 5) is 5.37. The lowest BCUT2D eigenvalue weighted by Gasteiger charge is -2.07. The molecule has 1 aliphatic rings. The molecule has 3 rings (SSSR count). The van der Waals surface area contributed by atoms with E-state index >= 15 is 0 Å². The van der Waals surface area contributed by atoms with Crippen LogP contribution in [0.3, 0.4) is 0 Å². The zero-order valence-electron chi connectivity index (χ0n) is 9.51. The lowest BCUT2D eigenvalue weighted by atomic mass is 10.2. The van der Waals surface area contributed by atoms with Crippen molar-refractivity contribution in [1.82, 2.24) is 10.1 Å². The number of nitrogens with zero attached hydrogens (tertiary/aromatic N) is 2. The van der Waals surface area contributed by atoms with Gasteiger partial charge >= 0.3 is 0 Å². The van der Waals surface area contributed by atoms with Crippen molar-refractivity contribution in [1.29, 1.82) is 0 Å². The van der Waals surface area contributed by atoms with Crippen LogP contribution in [0.25, 0.3) is 10.7 Å². The molecule has 0 bridgehead atoms. The molecule has 0 amide bonds. The summed E-state index contributed by atoms with van der Waals surface area (Å²) < 4.78 is 12.0. The highest BCUT2D eigenvalue weighted by Gasteiger charge is 2.30. The normalized spacial score (nSPS) is 23.7. The number of nitrogens with two attached hydrogens (primary N) is 1. The fourth-order valence-corrected chi connectivity index (χ4v) is 3.31. The highest BCUT2D eigenvalue weighted by molar-refractivity contribution is 9.10. The van der Waals surface area contributed by atoms with E-state index in [1.807, 2.05) is 11.4 Å². The molecule has 7 heteroatoms. The van der Waals surface area contributed by atoms with Crippen LogP contribution in [0.15, 0.2) is 20.4 Å². The summed E-state index contributed by atoms with van der Waals surface area (Å²) in [5, 5.41) is 5.98. The Balaban J connectivity index is 1.78. The average Bonchev–Trinajstić information content (AvgIpc) is 3.07. The highest BCUT2D eigenvalue weighted by Crippen LogP contribution is 2.33. The molecule has 1 fully saturated rings. The monoisotopic (exact) mass is 329 g/mol. The standard InChI is InChI=1S/C11H12BrN3O2S/c12-6-3-9(18-5-6)10-14-11(17-15-10)8-2-1-7(4-13)16-8/h3,5,7-8H,1-2,4,13H2. The van der Waals surface area contributed by atoms with Crippen molar-refractivity contribution in [3.8, 4) is 10.7 Å². The number of aromatic nitrogens is 2. The maximum absolute atomic E-state index is 5.72. The molecule has 3 heterocycles. The lowest BCUT2D eigenvalue weighted by Crippen LogP contribution is -2.18.